The lowest BCUT2D eigenvalue weighted by molar-refractivity contribution is -0.114. The molecule has 2 rings (SSSR count). The van der Waals surface area contributed by atoms with Crippen LogP contribution in [0.15, 0.2) is 54.6 Å². The van der Waals surface area contributed by atoms with Crippen molar-refractivity contribution >= 4 is 17.3 Å². The summed E-state index contributed by atoms with van der Waals surface area (Å²) in [6.45, 7) is 1.28. The fourth-order valence-electron chi connectivity index (χ4n) is 1.82. The smallest absolute Gasteiger partial charge is 0.243 e. The Morgan fingerprint density at radius 3 is 2.36 bits per heavy atom. The summed E-state index contributed by atoms with van der Waals surface area (Å²) in [7, 11) is 1.64. The number of benzene rings is 2. The minimum absolute atomic E-state index is 0.0911. The van der Waals surface area contributed by atoms with Crippen molar-refractivity contribution in [3.8, 4) is 5.75 Å². The van der Waals surface area contributed by atoms with Gasteiger partial charge < -0.3 is 20.1 Å². The number of nitrogens with one attached hydrogen (secondary N) is 2. The van der Waals surface area contributed by atoms with E-state index in [2.05, 4.69) is 10.6 Å². The summed E-state index contributed by atoms with van der Waals surface area (Å²) in [6, 6.07) is 16.8. The largest absolute Gasteiger partial charge is 0.491 e. The molecule has 0 atom stereocenters. The molecule has 0 saturated heterocycles. The van der Waals surface area contributed by atoms with Crippen LogP contribution in [-0.2, 0) is 9.53 Å². The third-order valence-corrected chi connectivity index (χ3v) is 2.92. The van der Waals surface area contributed by atoms with Gasteiger partial charge in [0.05, 0.1) is 13.2 Å². The Bertz CT molecular complexity index is 570. The van der Waals surface area contributed by atoms with E-state index < -0.39 is 0 Å². The van der Waals surface area contributed by atoms with Gasteiger partial charge in [-0.15, -0.1) is 0 Å². The molecule has 2 N–H and O–H groups in total. The van der Waals surface area contributed by atoms with Crippen molar-refractivity contribution in [1.82, 2.24) is 0 Å². The number of anilines is 2. The second-order valence-corrected chi connectivity index (χ2v) is 4.63. The van der Waals surface area contributed by atoms with E-state index in [0.717, 1.165) is 17.1 Å². The Kier molecular flexibility index (Phi) is 6.26. The highest BCUT2D eigenvalue weighted by atomic mass is 16.5. The molecule has 2 aromatic rings. The Hall–Kier alpha value is -2.53. The lowest BCUT2D eigenvalue weighted by atomic mass is 10.3. The van der Waals surface area contributed by atoms with Gasteiger partial charge in [-0.25, -0.2) is 0 Å². The van der Waals surface area contributed by atoms with E-state index in [0.29, 0.717) is 13.2 Å². The van der Waals surface area contributed by atoms with Crippen molar-refractivity contribution in [3.05, 3.63) is 54.6 Å². The summed E-state index contributed by atoms with van der Waals surface area (Å²) >= 11 is 0. The van der Waals surface area contributed by atoms with Gasteiger partial charge in [0.15, 0.2) is 0 Å². The summed E-state index contributed by atoms with van der Waals surface area (Å²) in [6.07, 6.45) is 0. The Morgan fingerprint density at radius 1 is 0.955 bits per heavy atom. The summed E-state index contributed by atoms with van der Waals surface area (Å²) < 4.78 is 10.4. The molecule has 0 radical (unpaired) electrons. The first-order valence-corrected chi connectivity index (χ1v) is 7.08. The van der Waals surface area contributed by atoms with Gasteiger partial charge in [0, 0.05) is 18.5 Å². The molecule has 0 unspecified atom stereocenters. The van der Waals surface area contributed by atoms with E-state index in [-0.39, 0.29) is 12.5 Å². The fraction of sp³-hybridized carbons (Fsp3) is 0.235. The summed E-state index contributed by atoms with van der Waals surface area (Å²) in [5, 5.41) is 5.88. The van der Waals surface area contributed by atoms with Crippen molar-refractivity contribution in [1.29, 1.82) is 0 Å². The molecule has 5 nitrogen and oxygen atoms in total. The third kappa shape index (κ3) is 5.46. The SMILES string of the molecule is COCCOc1ccc(NCC(=O)Nc2ccccc2)cc1. The van der Waals surface area contributed by atoms with Crippen molar-refractivity contribution in [2.24, 2.45) is 0 Å². The highest BCUT2D eigenvalue weighted by Gasteiger charge is 2.02. The van der Waals surface area contributed by atoms with E-state index in [1.807, 2.05) is 54.6 Å². The van der Waals surface area contributed by atoms with Crippen LogP contribution in [0.1, 0.15) is 0 Å². The molecule has 0 aliphatic heterocycles. The standard InChI is InChI=1S/C17H20N2O3/c1-21-11-12-22-16-9-7-14(8-10-16)18-13-17(20)19-15-5-3-2-4-6-15/h2-10,18H,11-13H2,1H3,(H,19,20). The van der Waals surface area contributed by atoms with Crippen molar-refractivity contribution < 1.29 is 14.3 Å². The zero-order chi connectivity index (χ0) is 15.6. The molecule has 0 saturated carbocycles. The maximum atomic E-state index is 11.8. The van der Waals surface area contributed by atoms with E-state index >= 15 is 0 Å². The second-order valence-electron chi connectivity index (χ2n) is 4.63. The summed E-state index contributed by atoms with van der Waals surface area (Å²) in [5.41, 5.74) is 1.65. The zero-order valence-electron chi connectivity index (χ0n) is 12.5. The molecule has 2 aromatic carbocycles. The molecule has 22 heavy (non-hydrogen) atoms. The molecular weight excluding hydrogens is 280 g/mol. The first-order chi connectivity index (χ1) is 10.8. The zero-order valence-corrected chi connectivity index (χ0v) is 12.5. The maximum absolute atomic E-state index is 11.8. The van der Waals surface area contributed by atoms with Gasteiger partial charge in [-0.1, -0.05) is 18.2 Å². The van der Waals surface area contributed by atoms with Crippen LogP contribution < -0.4 is 15.4 Å². The van der Waals surface area contributed by atoms with Gasteiger partial charge in [-0.3, -0.25) is 4.79 Å². The molecule has 0 bridgehead atoms. The van der Waals surface area contributed by atoms with Crippen LogP contribution in [0.25, 0.3) is 0 Å². The molecule has 0 aliphatic rings. The van der Waals surface area contributed by atoms with E-state index in [1.165, 1.54) is 0 Å². The Labute approximate surface area is 130 Å². The van der Waals surface area contributed by atoms with Gasteiger partial charge in [0.1, 0.15) is 12.4 Å². The van der Waals surface area contributed by atoms with Crippen molar-refractivity contribution in [2.75, 3.05) is 37.5 Å². The number of ether oxygens (including phenoxy) is 2. The molecule has 5 heteroatoms. The molecule has 116 valence electrons. The second kappa shape index (κ2) is 8.69. The molecule has 1 amide bonds. The van der Waals surface area contributed by atoms with Crippen LogP contribution in [0.4, 0.5) is 11.4 Å². The lowest BCUT2D eigenvalue weighted by Gasteiger charge is -2.09. The van der Waals surface area contributed by atoms with Crippen molar-refractivity contribution in [2.45, 2.75) is 0 Å². The summed E-state index contributed by atoms with van der Waals surface area (Å²) in [4.78, 5) is 11.8. The molecule has 0 aromatic heterocycles. The minimum atomic E-state index is -0.0911. The topological polar surface area (TPSA) is 59.6 Å². The predicted octanol–water partition coefficient (Wildman–Crippen LogP) is 2.76. The molecule has 0 heterocycles. The molecule has 0 spiro atoms. The van der Waals surface area contributed by atoms with Crippen LogP contribution in [-0.4, -0.2) is 32.8 Å². The van der Waals surface area contributed by atoms with E-state index in [1.54, 1.807) is 7.11 Å². The molecule has 0 aliphatic carbocycles. The Balaban J connectivity index is 1.75. The lowest BCUT2D eigenvalue weighted by Crippen LogP contribution is -2.21. The maximum Gasteiger partial charge on any atom is 0.243 e. The van der Waals surface area contributed by atoms with Gasteiger partial charge >= 0.3 is 0 Å². The van der Waals surface area contributed by atoms with Crippen LogP contribution >= 0.6 is 0 Å². The van der Waals surface area contributed by atoms with Crippen molar-refractivity contribution in [3.63, 3.8) is 0 Å². The minimum Gasteiger partial charge on any atom is -0.491 e. The highest BCUT2D eigenvalue weighted by Crippen LogP contribution is 2.15. The predicted molar refractivity (Wildman–Crippen MR) is 87.4 cm³/mol. The molecule has 0 fully saturated rings. The third-order valence-electron chi connectivity index (χ3n) is 2.92. The average molecular weight is 300 g/mol. The number of amides is 1. The van der Waals surface area contributed by atoms with Crippen LogP contribution in [0.3, 0.4) is 0 Å². The number of rotatable bonds is 8. The van der Waals surface area contributed by atoms with Crippen LogP contribution in [0.2, 0.25) is 0 Å². The van der Waals surface area contributed by atoms with Gasteiger partial charge in [0.25, 0.3) is 0 Å². The van der Waals surface area contributed by atoms with Gasteiger partial charge in [-0.05, 0) is 36.4 Å². The number of carbonyl (C=O) groups excluding carboxylic acids is 1. The van der Waals surface area contributed by atoms with Crippen LogP contribution in [0, 0.1) is 0 Å². The number of carbonyl (C=O) groups is 1. The quantitative estimate of drug-likeness (QED) is 0.736. The number of hydrogen-bond donors (Lipinski definition) is 2. The van der Waals surface area contributed by atoms with Gasteiger partial charge in [-0.2, -0.15) is 0 Å². The molecular formula is C17H20N2O3. The first kappa shape index (κ1) is 15.9. The van der Waals surface area contributed by atoms with Gasteiger partial charge in [0.2, 0.25) is 5.91 Å². The fourth-order valence-corrected chi connectivity index (χ4v) is 1.82. The highest BCUT2D eigenvalue weighted by molar-refractivity contribution is 5.93. The number of methoxy groups -OCH3 is 1. The average Bonchev–Trinajstić information content (AvgIpc) is 2.55. The Morgan fingerprint density at radius 2 is 1.68 bits per heavy atom. The first-order valence-electron chi connectivity index (χ1n) is 7.08. The number of hydrogen-bond acceptors (Lipinski definition) is 4. The summed E-state index contributed by atoms with van der Waals surface area (Å²) in [5.74, 6) is 0.683. The normalized spacial score (nSPS) is 10.0. The number of para-hydroxylation sites is 1. The van der Waals surface area contributed by atoms with Crippen LogP contribution in [0.5, 0.6) is 5.75 Å². The monoisotopic (exact) mass is 300 g/mol. The van der Waals surface area contributed by atoms with E-state index in [9.17, 15) is 4.79 Å². The van der Waals surface area contributed by atoms with E-state index in [4.69, 9.17) is 9.47 Å².